The van der Waals surface area contributed by atoms with E-state index in [4.69, 9.17) is 11.6 Å². The molecule has 0 saturated carbocycles. The van der Waals surface area contributed by atoms with Gasteiger partial charge in [-0.05, 0) is 31.6 Å². The van der Waals surface area contributed by atoms with Gasteiger partial charge in [0.2, 0.25) is 0 Å². The van der Waals surface area contributed by atoms with Crippen molar-refractivity contribution >= 4 is 17.3 Å². The van der Waals surface area contributed by atoms with Crippen molar-refractivity contribution in [1.29, 1.82) is 0 Å². The zero-order chi connectivity index (χ0) is 12.5. The van der Waals surface area contributed by atoms with Crippen LogP contribution in [0.1, 0.15) is 26.7 Å². The second-order valence-electron chi connectivity index (χ2n) is 4.19. The average Bonchev–Trinajstić information content (AvgIpc) is 2.35. The molecule has 0 bridgehead atoms. The molecule has 0 aliphatic carbocycles. The fraction of sp³-hybridized carbons (Fsp3) is 0.571. The third-order valence-electron chi connectivity index (χ3n) is 2.89. The minimum Gasteiger partial charge on any atom is -0.383 e. The summed E-state index contributed by atoms with van der Waals surface area (Å²) in [6, 6.07) is 7.89. The van der Waals surface area contributed by atoms with Crippen LogP contribution >= 0.6 is 11.6 Å². The van der Waals surface area contributed by atoms with E-state index in [1.807, 2.05) is 24.3 Å². The maximum atomic E-state index is 6.08. The van der Waals surface area contributed by atoms with Gasteiger partial charge < -0.3 is 10.2 Å². The first kappa shape index (κ1) is 14.3. The fourth-order valence-electron chi connectivity index (χ4n) is 1.76. The van der Waals surface area contributed by atoms with Crippen LogP contribution in [-0.4, -0.2) is 31.1 Å². The number of nitrogens with one attached hydrogen (secondary N) is 1. The molecule has 17 heavy (non-hydrogen) atoms. The van der Waals surface area contributed by atoms with Gasteiger partial charge in [0.05, 0.1) is 10.7 Å². The molecule has 1 aromatic carbocycles. The standard InChI is InChI=1S/C14H23ClN2/c1-3-5-11-17(4-2)12-10-16-14-9-7-6-8-13(14)15/h6-9,16H,3-5,10-12H2,1-2H3. The molecule has 0 radical (unpaired) electrons. The van der Waals surface area contributed by atoms with Crippen LogP contribution in [-0.2, 0) is 0 Å². The first-order valence-corrected chi connectivity index (χ1v) is 6.86. The Hall–Kier alpha value is -0.730. The van der Waals surface area contributed by atoms with Gasteiger partial charge in [-0.25, -0.2) is 0 Å². The molecule has 0 aliphatic heterocycles. The summed E-state index contributed by atoms with van der Waals surface area (Å²) in [5.41, 5.74) is 1.03. The van der Waals surface area contributed by atoms with E-state index < -0.39 is 0 Å². The van der Waals surface area contributed by atoms with Gasteiger partial charge >= 0.3 is 0 Å². The van der Waals surface area contributed by atoms with Crippen molar-refractivity contribution in [3.8, 4) is 0 Å². The van der Waals surface area contributed by atoms with Crippen LogP contribution in [0, 0.1) is 0 Å². The summed E-state index contributed by atoms with van der Waals surface area (Å²) < 4.78 is 0. The summed E-state index contributed by atoms with van der Waals surface area (Å²) in [4.78, 5) is 2.47. The Morgan fingerprint density at radius 3 is 2.59 bits per heavy atom. The first-order chi connectivity index (χ1) is 8.27. The second-order valence-corrected chi connectivity index (χ2v) is 4.60. The van der Waals surface area contributed by atoms with Crippen LogP contribution in [0.5, 0.6) is 0 Å². The van der Waals surface area contributed by atoms with Crippen LogP contribution in [0.25, 0.3) is 0 Å². The highest BCUT2D eigenvalue weighted by atomic mass is 35.5. The number of anilines is 1. The number of para-hydroxylation sites is 1. The smallest absolute Gasteiger partial charge is 0.0637 e. The van der Waals surface area contributed by atoms with E-state index in [-0.39, 0.29) is 0 Å². The molecule has 0 amide bonds. The van der Waals surface area contributed by atoms with E-state index in [9.17, 15) is 0 Å². The molecule has 0 heterocycles. The highest BCUT2D eigenvalue weighted by molar-refractivity contribution is 6.33. The number of unbranched alkanes of at least 4 members (excludes halogenated alkanes) is 1. The number of benzene rings is 1. The van der Waals surface area contributed by atoms with E-state index in [1.165, 1.54) is 19.4 Å². The molecule has 3 heteroatoms. The third kappa shape index (κ3) is 5.42. The van der Waals surface area contributed by atoms with Crippen LogP contribution < -0.4 is 5.32 Å². The molecule has 0 fully saturated rings. The Bertz CT molecular complexity index is 315. The van der Waals surface area contributed by atoms with Gasteiger partial charge in [-0.3, -0.25) is 0 Å². The lowest BCUT2D eigenvalue weighted by Gasteiger charge is -2.20. The number of nitrogens with zero attached hydrogens (tertiary/aromatic N) is 1. The average molecular weight is 255 g/mol. The first-order valence-electron chi connectivity index (χ1n) is 6.48. The Morgan fingerprint density at radius 2 is 1.94 bits per heavy atom. The molecule has 0 saturated heterocycles. The van der Waals surface area contributed by atoms with Crippen molar-refractivity contribution in [3.05, 3.63) is 29.3 Å². The van der Waals surface area contributed by atoms with Crippen molar-refractivity contribution in [3.63, 3.8) is 0 Å². The quantitative estimate of drug-likeness (QED) is 0.758. The van der Waals surface area contributed by atoms with E-state index in [1.54, 1.807) is 0 Å². The zero-order valence-corrected chi connectivity index (χ0v) is 11.6. The normalized spacial score (nSPS) is 10.8. The molecule has 1 aromatic rings. The molecule has 0 atom stereocenters. The summed E-state index contributed by atoms with van der Waals surface area (Å²) in [7, 11) is 0. The summed E-state index contributed by atoms with van der Waals surface area (Å²) in [5.74, 6) is 0. The van der Waals surface area contributed by atoms with Crippen LogP contribution in [0.2, 0.25) is 5.02 Å². The Labute approximate surface area is 110 Å². The predicted molar refractivity (Wildman–Crippen MR) is 77.0 cm³/mol. The van der Waals surface area contributed by atoms with E-state index in [2.05, 4.69) is 24.1 Å². The lowest BCUT2D eigenvalue weighted by atomic mass is 10.3. The van der Waals surface area contributed by atoms with Gasteiger partial charge in [0.15, 0.2) is 0 Å². The van der Waals surface area contributed by atoms with Crippen LogP contribution in [0.15, 0.2) is 24.3 Å². The number of rotatable bonds is 8. The maximum Gasteiger partial charge on any atom is 0.0637 e. The Balaban J connectivity index is 2.28. The molecule has 0 unspecified atom stereocenters. The molecule has 0 aliphatic rings. The molecule has 0 aromatic heterocycles. The summed E-state index contributed by atoms with van der Waals surface area (Å²) >= 11 is 6.08. The van der Waals surface area contributed by atoms with Crippen molar-refractivity contribution < 1.29 is 0 Å². The fourth-order valence-corrected chi connectivity index (χ4v) is 1.97. The van der Waals surface area contributed by atoms with Gasteiger partial charge in [-0.15, -0.1) is 0 Å². The summed E-state index contributed by atoms with van der Waals surface area (Å²) in [5, 5.41) is 4.18. The number of likely N-dealkylation sites (N-methyl/N-ethyl adjacent to an activating group) is 1. The lowest BCUT2D eigenvalue weighted by molar-refractivity contribution is 0.294. The number of halogens is 1. The molecular formula is C14H23ClN2. The minimum atomic E-state index is 0.795. The molecular weight excluding hydrogens is 232 g/mol. The van der Waals surface area contributed by atoms with Gasteiger partial charge in [0.1, 0.15) is 0 Å². The van der Waals surface area contributed by atoms with Crippen molar-refractivity contribution in [2.45, 2.75) is 26.7 Å². The van der Waals surface area contributed by atoms with Gasteiger partial charge in [0.25, 0.3) is 0 Å². The van der Waals surface area contributed by atoms with Crippen molar-refractivity contribution in [1.82, 2.24) is 4.90 Å². The van der Waals surface area contributed by atoms with E-state index in [0.29, 0.717) is 0 Å². The maximum absolute atomic E-state index is 6.08. The summed E-state index contributed by atoms with van der Waals surface area (Å²) in [6.45, 7) is 8.77. The zero-order valence-electron chi connectivity index (χ0n) is 10.9. The molecule has 0 spiro atoms. The Kier molecular flexibility index (Phi) is 7.06. The second kappa shape index (κ2) is 8.37. The minimum absolute atomic E-state index is 0.795. The topological polar surface area (TPSA) is 15.3 Å². The number of hydrogen-bond acceptors (Lipinski definition) is 2. The highest BCUT2D eigenvalue weighted by Crippen LogP contribution is 2.19. The number of hydrogen-bond donors (Lipinski definition) is 1. The summed E-state index contributed by atoms with van der Waals surface area (Å²) in [6.07, 6.45) is 2.54. The predicted octanol–water partition coefficient (Wildman–Crippen LogP) is 3.87. The van der Waals surface area contributed by atoms with Crippen molar-refractivity contribution in [2.24, 2.45) is 0 Å². The van der Waals surface area contributed by atoms with Crippen LogP contribution in [0.3, 0.4) is 0 Å². The molecule has 1 N–H and O–H groups in total. The van der Waals surface area contributed by atoms with Gasteiger partial charge in [-0.1, -0.05) is 44.0 Å². The molecule has 96 valence electrons. The van der Waals surface area contributed by atoms with Crippen LogP contribution in [0.4, 0.5) is 5.69 Å². The molecule has 2 nitrogen and oxygen atoms in total. The Morgan fingerprint density at radius 1 is 1.18 bits per heavy atom. The van der Waals surface area contributed by atoms with Crippen molar-refractivity contribution in [2.75, 3.05) is 31.5 Å². The van der Waals surface area contributed by atoms with Gasteiger partial charge in [-0.2, -0.15) is 0 Å². The third-order valence-corrected chi connectivity index (χ3v) is 3.22. The van der Waals surface area contributed by atoms with E-state index >= 15 is 0 Å². The largest absolute Gasteiger partial charge is 0.383 e. The molecule has 1 rings (SSSR count). The SMILES string of the molecule is CCCCN(CC)CCNc1ccccc1Cl. The van der Waals surface area contributed by atoms with E-state index in [0.717, 1.165) is 30.3 Å². The highest BCUT2D eigenvalue weighted by Gasteiger charge is 2.02. The lowest BCUT2D eigenvalue weighted by Crippen LogP contribution is -2.29. The monoisotopic (exact) mass is 254 g/mol. The van der Waals surface area contributed by atoms with Gasteiger partial charge in [0, 0.05) is 13.1 Å².